The smallest absolute Gasteiger partial charge is 0.254 e. The molecule has 0 aromatic heterocycles. The minimum absolute atomic E-state index is 0.0747. The van der Waals surface area contributed by atoms with Gasteiger partial charge in [0.1, 0.15) is 0 Å². The fourth-order valence-corrected chi connectivity index (χ4v) is 2.94. The molecule has 2 atom stereocenters. The second-order valence-corrected chi connectivity index (χ2v) is 5.41. The van der Waals surface area contributed by atoms with Gasteiger partial charge in [-0.15, -0.1) is 0 Å². The van der Waals surface area contributed by atoms with E-state index in [1.54, 1.807) is 32.4 Å². The first kappa shape index (κ1) is 14.7. The van der Waals surface area contributed by atoms with E-state index in [-0.39, 0.29) is 5.91 Å². The van der Waals surface area contributed by atoms with Crippen molar-refractivity contribution in [1.29, 1.82) is 0 Å². The average Bonchev–Trinajstić information content (AvgIpc) is 2.46. The fourth-order valence-electron chi connectivity index (χ4n) is 2.94. The SMILES string of the molecule is COc1ccc(C(=O)N2C(C)CCCC2C)cc1OC. The summed E-state index contributed by atoms with van der Waals surface area (Å²) < 4.78 is 10.5. The summed E-state index contributed by atoms with van der Waals surface area (Å²) >= 11 is 0. The third-order valence-corrected chi connectivity index (χ3v) is 4.06. The van der Waals surface area contributed by atoms with E-state index >= 15 is 0 Å². The first-order valence-electron chi connectivity index (χ1n) is 7.13. The van der Waals surface area contributed by atoms with Crippen LogP contribution in [0.15, 0.2) is 18.2 Å². The number of benzene rings is 1. The van der Waals surface area contributed by atoms with Crippen LogP contribution in [-0.2, 0) is 0 Å². The van der Waals surface area contributed by atoms with Gasteiger partial charge in [-0.05, 0) is 51.3 Å². The molecule has 2 rings (SSSR count). The number of nitrogens with zero attached hydrogens (tertiary/aromatic N) is 1. The van der Waals surface area contributed by atoms with Crippen LogP contribution in [0.2, 0.25) is 0 Å². The van der Waals surface area contributed by atoms with E-state index < -0.39 is 0 Å². The third kappa shape index (κ3) is 2.74. The van der Waals surface area contributed by atoms with Gasteiger partial charge in [0.05, 0.1) is 14.2 Å². The quantitative estimate of drug-likeness (QED) is 0.852. The van der Waals surface area contributed by atoms with E-state index in [0.717, 1.165) is 12.8 Å². The lowest BCUT2D eigenvalue weighted by Crippen LogP contribution is -2.47. The molecule has 2 unspecified atom stereocenters. The summed E-state index contributed by atoms with van der Waals surface area (Å²) in [6.45, 7) is 4.24. The maximum Gasteiger partial charge on any atom is 0.254 e. The summed E-state index contributed by atoms with van der Waals surface area (Å²) in [6.07, 6.45) is 3.34. The Kier molecular flexibility index (Phi) is 4.53. The van der Waals surface area contributed by atoms with Gasteiger partial charge in [-0.25, -0.2) is 0 Å². The van der Waals surface area contributed by atoms with Crippen LogP contribution in [0.4, 0.5) is 0 Å². The third-order valence-electron chi connectivity index (χ3n) is 4.06. The number of hydrogen-bond acceptors (Lipinski definition) is 3. The number of carbonyl (C=O) groups is 1. The minimum atomic E-state index is 0.0747. The van der Waals surface area contributed by atoms with Crippen molar-refractivity contribution < 1.29 is 14.3 Å². The first-order chi connectivity index (χ1) is 9.58. The standard InChI is InChI=1S/C16H23NO3/c1-11-6-5-7-12(2)17(11)16(18)13-8-9-14(19-3)15(10-13)20-4/h8-12H,5-7H2,1-4H3. The number of ether oxygens (including phenoxy) is 2. The highest BCUT2D eigenvalue weighted by atomic mass is 16.5. The molecule has 110 valence electrons. The molecule has 0 aliphatic carbocycles. The lowest BCUT2D eigenvalue weighted by Gasteiger charge is -2.39. The molecule has 0 N–H and O–H groups in total. The zero-order valence-corrected chi connectivity index (χ0v) is 12.7. The van der Waals surface area contributed by atoms with E-state index in [4.69, 9.17) is 9.47 Å². The molecule has 4 heteroatoms. The topological polar surface area (TPSA) is 38.8 Å². The molecule has 1 aromatic carbocycles. The van der Waals surface area contributed by atoms with Gasteiger partial charge in [0, 0.05) is 17.6 Å². The van der Waals surface area contributed by atoms with Crippen molar-refractivity contribution in [3.05, 3.63) is 23.8 Å². The number of piperidine rings is 1. The molecular formula is C16H23NO3. The molecule has 20 heavy (non-hydrogen) atoms. The van der Waals surface area contributed by atoms with Crippen LogP contribution in [0.25, 0.3) is 0 Å². The fraction of sp³-hybridized carbons (Fsp3) is 0.562. The highest BCUT2D eigenvalue weighted by Gasteiger charge is 2.29. The Morgan fingerprint density at radius 1 is 1.10 bits per heavy atom. The van der Waals surface area contributed by atoms with E-state index in [0.29, 0.717) is 29.1 Å². The van der Waals surface area contributed by atoms with Gasteiger partial charge in [-0.1, -0.05) is 0 Å². The van der Waals surface area contributed by atoms with Crippen LogP contribution >= 0.6 is 0 Å². The molecule has 4 nitrogen and oxygen atoms in total. The van der Waals surface area contributed by atoms with Crippen molar-refractivity contribution in [2.75, 3.05) is 14.2 Å². The Hall–Kier alpha value is -1.71. The molecule has 0 radical (unpaired) electrons. The number of hydrogen-bond donors (Lipinski definition) is 0. The number of amides is 1. The van der Waals surface area contributed by atoms with Crippen LogP contribution in [0, 0.1) is 0 Å². The summed E-state index contributed by atoms with van der Waals surface area (Å²) in [7, 11) is 3.17. The van der Waals surface area contributed by atoms with Gasteiger partial charge in [0.15, 0.2) is 11.5 Å². The highest BCUT2D eigenvalue weighted by Crippen LogP contribution is 2.30. The number of carbonyl (C=O) groups excluding carboxylic acids is 1. The van der Waals surface area contributed by atoms with Crippen LogP contribution in [0.1, 0.15) is 43.5 Å². The summed E-state index contributed by atoms with van der Waals surface area (Å²) in [5.41, 5.74) is 0.656. The molecule has 1 heterocycles. The Balaban J connectivity index is 2.28. The van der Waals surface area contributed by atoms with E-state index in [1.165, 1.54) is 6.42 Å². The van der Waals surface area contributed by atoms with Crippen LogP contribution in [-0.4, -0.2) is 37.1 Å². The zero-order valence-electron chi connectivity index (χ0n) is 12.7. The van der Waals surface area contributed by atoms with Gasteiger partial charge in [0.2, 0.25) is 0 Å². The van der Waals surface area contributed by atoms with Gasteiger partial charge in [-0.2, -0.15) is 0 Å². The first-order valence-corrected chi connectivity index (χ1v) is 7.13. The van der Waals surface area contributed by atoms with Crippen LogP contribution < -0.4 is 9.47 Å². The molecule has 1 amide bonds. The lowest BCUT2D eigenvalue weighted by molar-refractivity contribution is 0.0510. The van der Waals surface area contributed by atoms with Gasteiger partial charge in [-0.3, -0.25) is 4.79 Å². The molecule has 0 saturated carbocycles. The highest BCUT2D eigenvalue weighted by molar-refractivity contribution is 5.95. The predicted molar refractivity (Wildman–Crippen MR) is 78.5 cm³/mol. The van der Waals surface area contributed by atoms with Gasteiger partial charge < -0.3 is 14.4 Å². The second-order valence-electron chi connectivity index (χ2n) is 5.41. The van der Waals surface area contributed by atoms with Crippen molar-refractivity contribution in [3.63, 3.8) is 0 Å². The monoisotopic (exact) mass is 277 g/mol. The van der Waals surface area contributed by atoms with Crippen molar-refractivity contribution in [3.8, 4) is 11.5 Å². The second kappa shape index (κ2) is 6.16. The molecular weight excluding hydrogens is 254 g/mol. The van der Waals surface area contributed by atoms with Crippen LogP contribution in [0.3, 0.4) is 0 Å². The van der Waals surface area contributed by atoms with Crippen molar-refractivity contribution in [1.82, 2.24) is 4.90 Å². The summed E-state index contributed by atoms with van der Waals surface area (Å²) in [5, 5.41) is 0. The maximum atomic E-state index is 12.7. The summed E-state index contributed by atoms with van der Waals surface area (Å²) in [4.78, 5) is 14.7. The van der Waals surface area contributed by atoms with Crippen LogP contribution in [0.5, 0.6) is 11.5 Å². The van der Waals surface area contributed by atoms with E-state index in [1.807, 2.05) is 4.90 Å². The summed E-state index contributed by atoms with van der Waals surface area (Å²) in [5.74, 6) is 1.31. The largest absolute Gasteiger partial charge is 0.493 e. The van der Waals surface area contributed by atoms with Gasteiger partial charge >= 0.3 is 0 Å². The minimum Gasteiger partial charge on any atom is -0.493 e. The van der Waals surface area contributed by atoms with E-state index in [2.05, 4.69) is 13.8 Å². The molecule has 0 spiro atoms. The van der Waals surface area contributed by atoms with Crippen molar-refractivity contribution in [2.45, 2.75) is 45.2 Å². The normalized spacial score (nSPS) is 22.5. The van der Waals surface area contributed by atoms with Crippen molar-refractivity contribution >= 4 is 5.91 Å². The zero-order chi connectivity index (χ0) is 14.7. The average molecular weight is 277 g/mol. The number of methoxy groups -OCH3 is 2. The van der Waals surface area contributed by atoms with E-state index in [9.17, 15) is 4.79 Å². The van der Waals surface area contributed by atoms with Gasteiger partial charge in [0.25, 0.3) is 5.91 Å². The summed E-state index contributed by atoms with van der Waals surface area (Å²) in [6, 6.07) is 5.93. The Morgan fingerprint density at radius 2 is 1.70 bits per heavy atom. The molecule has 1 aromatic rings. The Labute approximate surface area is 120 Å². The lowest BCUT2D eigenvalue weighted by atomic mass is 9.96. The molecule has 1 fully saturated rings. The molecule has 0 bridgehead atoms. The van der Waals surface area contributed by atoms with Crippen molar-refractivity contribution in [2.24, 2.45) is 0 Å². The molecule has 1 aliphatic heterocycles. The Bertz CT molecular complexity index is 477. The predicted octanol–water partition coefficient (Wildman–Crippen LogP) is 3.11. The number of rotatable bonds is 3. The Morgan fingerprint density at radius 3 is 2.25 bits per heavy atom. The molecule has 1 saturated heterocycles. The molecule has 1 aliphatic rings. The number of likely N-dealkylation sites (tertiary alicyclic amines) is 1. The maximum absolute atomic E-state index is 12.7.